The average molecular weight is 282 g/mol. The number of benzene rings is 1. The third-order valence-corrected chi connectivity index (χ3v) is 2.92. The molecule has 104 valence electrons. The van der Waals surface area contributed by atoms with E-state index in [1.165, 1.54) is 18.3 Å². The summed E-state index contributed by atoms with van der Waals surface area (Å²) in [5.41, 5.74) is 7.20. The van der Waals surface area contributed by atoms with Crippen molar-refractivity contribution in [2.75, 3.05) is 17.8 Å². The minimum atomic E-state index is -0.426. The Labute approximate surface area is 119 Å². The molecular weight excluding hydrogens is 272 g/mol. The van der Waals surface area contributed by atoms with Crippen molar-refractivity contribution in [3.05, 3.63) is 41.7 Å². The van der Waals surface area contributed by atoms with E-state index in [9.17, 15) is 4.79 Å². The van der Waals surface area contributed by atoms with E-state index in [1.54, 1.807) is 12.1 Å². The lowest BCUT2D eigenvalue weighted by Gasteiger charge is -2.09. The van der Waals surface area contributed by atoms with Gasteiger partial charge in [-0.3, -0.25) is 4.79 Å². The van der Waals surface area contributed by atoms with Gasteiger partial charge in [-0.25, -0.2) is 4.98 Å². The zero-order chi connectivity index (χ0) is 14.8. The molecule has 1 aromatic carbocycles. The number of fused-ring (bicyclic) bond motifs is 1. The molecule has 1 amide bonds. The number of nitrogen functional groups attached to an aromatic ring is 1. The number of amides is 1. The molecule has 0 atom stereocenters. The van der Waals surface area contributed by atoms with Crippen molar-refractivity contribution < 1.29 is 14.3 Å². The minimum Gasteiger partial charge on any atom is -0.454 e. The van der Waals surface area contributed by atoms with Gasteiger partial charge in [0.1, 0.15) is 11.8 Å². The summed E-state index contributed by atoms with van der Waals surface area (Å²) in [6.45, 7) is 0.128. The van der Waals surface area contributed by atoms with Gasteiger partial charge in [0.15, 0.2) is 11.5 Å². The number of carbonyl (C=O) groups is 1. The zero-order valence-electron chi connectivity index (χ0n) is 10.8. The van der Waals surface area contributed by atoms with Crippen LogP contribution in [0.2, 0.25) is 0 Å². The lowest BCUT2D eigenvalue weighted by atomic mass is 10.2. The Bertz CT molecular complexity index is 750. The topological polar surface area (TPSA) is 110 Å². The van der Waals surface area contributed by atoms with Crippen LogP contribution >= 0.6 is 0 Å². The molecule has 0 saturated carbocycles. The predicted molar refractivity (Wildman–Crippen MR) is 73.9 cm³/mol. The van der Waals surface area contributed by atoms with E-state index in [0.717, 1.165) is 0 Å². The fourth-order valence-electron chi connectivity index (χ4n) is 1.85. The standard InChI is InChI=1S/C14H10N4O3/c15-5-8-1-2-10(17-6-8)14(19)18-11-4-13-12(3-9(11)16)20-7-21-13/h1-4,6H,7,16H2,(H,18,19). The van der Waals surface area contributed by atoms with Crippen LogP contribution in [0.15, 0.2) is 30.5 Å². The monoisotopic (exact) mass is 282 g/mol. The second-order valence-corrected chi connectivity index (χ2v) is 4.29. The lowest BCUT2D eigenvalue weighted by Crippen LogP contribution is -2.14. The summed E-state index contributed by atoms with van der Waals surface area (Å²) in [4.78, 5) is 16.0. The van der Waals surface area contributed by atoms with Crippen LogP contribution in [0.25, 0.3) is 0 Å². The number of carbonyl (C=O) groups excluding carboxylic acids is 1. The number of pyridine rings is 1. The number of anilines is 2. The first-order valence-corrected chi connectivity index (χ1v) is 6.04. The Kier molecular flexibility index (Phi) is 3.04. The molecular formula is C14H10N4O3. The zero-order valence-corrected chi connectivity index (χ0v) is 10.8. The second kappa shape index (κ2) is 5.02. The number of ether oxygens (including phenoxy) is 2. The Morgan fingerprint density at radius 1 is 1.33 bits per heavy atom. The molecule has 1 aliphatic rings. The van der Waals surface area contributed by atoms with Gasteiger partial charge in [0, 0.05) is 18.3 Å². The van der Waals surface area contributed by atoms with Crippen LogP contribution < -0.4 is 20.5 Å². The smallest absolute Gasteiger partial charge is 0.274 e. The molecule has 2 heterocycles. The summed E-state index contributed by atoms with van der Waals surface area (Å²) in [6.07, 6.45) is 1.33. The summed E-state index contributed by atoms with van der Waals surface area (Å²) in [6, 6.07) is 8.11. The number of nitrogens with two attached hydrogens (primary N) is 1. The molecule has 0 fully saturated rings. The largest absolute Gasteiger partial charge is 0.454 e. The Morgan fingerprint density at radius 3 is 2.76 bits per heavy atom. The molecule has 7 heteroatoms. The van der Waals surface area contributed by atoms with Gasteiger partial charge < -0.3 is 20.5 Å². The van der Waals surface area contributed by atoms with E-state index in [1.807, 2.05) is 6.07 Å². The molecule has 2 aromatic rings. The van der Waals surface area contributed by atoms with Crippen molar-refractivity contribution in [1.82, 2.24) is 4.98 Å². The van der Waals surface area contributed by atoms with E-state index in [4.69, 9.17) is 20.5 Å². The Morgan fingerprint density at radius 2 is 2.10 bits per heavy atom. The van der Waals surface area contributed by atoms with Gasteiger partial charge in [-0.2, -0.15) is 5.26 Å². The quantitative estimate of drug-likeness (QED) is 0.808. The summed E-state index contributed by atoms with van der Waals surface area (Å²) < 4.78 is 10.4. The van der Waals surface area contributed by atoms with E-state index in [-0.39, 0.29) is 12.5 Å². The number of aromatic nitrogens is 1. The van der Waals surface area contributed by atoms with Crippen molar-refractivity contribution in [3.8, 4) is 17.6 Å². The molecule has 0 saturated heterocycles. The minimum absolute atomic E-state index is 0.128. The molecule has 7 nitrogen and oxygen atoms in total. The number of nitriles is 1. The lowest BCUT2D eigenvalue weighted by molar-refractivity contribution is 0.102. The van der Waals surface area contributed by atoms with Gasteiger partial charge in [-0.15, -0.1) is 0 Å². The highest BCUT2D eigenvalue weighted by molar-refractivity contribution is 6.04. The van der Waals surface area contributed by atoms with Crippen molar-refractivity contribution in [3.63, 3.8) is 0 Å². The highest BCUT2D eigenvalue weighted by Gasteiger charge is 2.18. The number of nitrogens with zero attached hydrogens (tertiary/aromatic N) is 2. The summed E-state index contributed by atoms with van der Waals surface area (Å²) in [5.74, 6) is 0.638. The molecule has 3 rings (SSSR count). The number of hydrogen-bond donors (Lipinski definition) is 2. The van der Waals surface area contributed by atoms with E-state index in [0.29, 0.717) is 28.4 Å². The molecule has 21 heavy (non-hydrogen) atoms. The molecule has 0 bridgehead atoms. The molecule has 3 N–H and O–H groups in total. The second-order valence-electron chi connectivity index (χ2n) is 4.29. The average Bonchev–Trinajstić information content (AvgIpc) is 2.94. The first-order valence-electron chi connectivity index (χ1n) is 6.04. The van der Waals surface area contributed by atoms with E-state index >= 15 is 0 Å². The Hall–Kier alpha value is -3.27. The highest BCUT2D eigenvalue weighted by Crippen LogP contribution is 2.38. The molecule has 0 spiro atoms. The molecule has 1 aliphatic heterocycles. The highest BCUT2D eigenvalue weighted by atomic mass is 16.7. The van der Waals surface area contributed by atoms with Gasteiger partial charge in [0.05, 0.1) is 16.9 Å². The van der Waals surface area contributed by atoms with Crippen LogP contribution in [0.4, 0.5) is 11.4 Å². The van der Waals surface area contributed by atoms with Crippen molar-refractivity contribution >= 4 is 17.3 Å². The van der Waals surface area contributed by atoms with Crippen LogP contribution in [-0.4, -0.2) is 17.7 Å². The predicted octanol–water partition coefficient (Wildman–Crippen LogP) is 1.52. The van der Waals surface area contributed by atoms with Crippen LogP contribution in [0, 0.1) is 11.3 Å². The molecule has 0 aliphatic carbocycles. The van der Waals surface area contributed by atoms with Gasteiger partial charge >= 0.3 is 0 Å². The first-order chi connectivity index (χ1) is 10.2. The molecule has 0 unspecified atom stereocenters. The van der Waals surface area contributed by atoms with Crippen LogP contribution in [0.5, 0.6) is 11.5 Å². The maximum Gasteiger partial charge on any atom is 0.274 e. The van der Waals surface area contributed by atoms with Crippen molar-refractivity contribution in [2.45, 2.75) is 0 Å². The van der Waals surface area contributed by atoms with E-state index in [2.05, 4.69) is 10.3 Å². The maximum absolute atomic E-state index is 12.1. The summed E-state index contributed by atoms with van der Waals surface area (Å²) >= 11 is 0. The normalized spacial score (nSPS) is 11.8. The fraction of sp³-hybridized carbons (Fsp3) is 0.0714. The van der Waals surface area contributed by atoms with Gasteiger partial charge in [0.25, 0.3) is 5.91 Å². The number of rotatable bonds is 2. The molecule has 1 aromatic heterocycles. The third-order valence-electron chi connectivity index (χ3n) is 2.92. The summed E-state index contributed by atoms with van der Waals surface area (Å²) in [5, 5.41) is 11.3. The summed E-state index contributed by atoms with van der Waals surface area (Å²) in [7, 11) is 0. The van der Waals surface area contributed by atoms with Crippen molar-refractivity contribution in [1.29, 1.82) is 5.26 Å². The van der Waals surface area contributed by atoms with Gasteiger partial charge in [-0.05, 0) is 12.1 Å². The first kappa shape index (κ1) is 12.7. The van der Waals surface area contributed by atoms with Crippen LogP contribution in [0.1, 0.15) is 16.1 Å². The van der Waals surface area contributed by atoms with Gasteiger partial charge in [0.2, 0.25) is 6.79 Å². The van der Waals surface area contributed by atoms with Crippen molar-refractivity contribution in [2.24, 2.45) is 0 Å². The number of nitrogens with one attached hydrogen (secondary N) is 1. The number of hydrogen-bond acceptors (Lipinski definition) is 6. The van der Waals surface area contributed by atoms with Crippen LogP contribution in [-0.2, 0) is 0 Å². The van der Waals surface area contributed by atoms with E-state index < -0.39 is 5.91 Å². The van der Waals surface area contributed by atoms with Gasteiger partial charge in [-0.1, -0.05) is 0 Å². The maximum atomic E-state index is 12.1. The SMILES string of the molecule is N#Cc1ccc(C(=O)Nc2cc3c(cc2N)OCO3)nc1. The molecule has 0 radical (unpaired) electrons. The Balaban J connectivity index is 1.83. The fourth-order valence-corrected chi connectivity index (χ4v) is 1.85. The third kappa shape index (κ3) is 2.42. The van der Waals surface area contributed by atoms with Crippen LogP contribution in [0.3, 0.4) is 0 Å².